The van der Waals surface area contributed by atoms with E-state index in [9.17, 15) is 5.11 Å². The van der Waals surface area contributed by atoms with Crippen molar-refractivity contribution in [3.8, 4) is 16.9 Å². The lowest BCUT2D eigenvalue weighted by atomic mass is 10.1. The molecule has 70 valence electrons. The third-order valence-electron chi connectivity index (χ3n) is 1.94. The minimum atomic E-state index is 0.0908. The van der Waals surface area contributed by atoms with Gasteiger partial charge in [0.1, 0.15) is 5.75 Å². The summed E-state index contributed by atoms with van der Waals surface area (Å²) in [7, 11) is 0. The summed E-state index contributed by atoms with van der Waals surface area (Å²) in [5, 5.41) is 9.77. The first-order valence-corrected chi connectivity index (χ1v) is 4.54. The first-order valence-electron chi connectivity index (χ1n) is 4.16. The van der Waals surface area contributed by atoms with Crippen molar-refractivity contribution in [2.45, 2.75) is 0 Å². The molecule has 2 aromatic rings. The maximum absolute atomic E-state index is 9.41. The van der Waals surface area contributed by atoms with Crippen molar-refractivity contribution in [3.05, 3.63) is 47.7 Å². The molecule has 0 atom stereocenters. The Morgan fingerprint density at radius 1 is 1.14 bits per heavy atom. The van der Waals surface area contributed by atoms with Crippen molar-refractivity contribution in [1.29, 1.82) is 0 Å². The van der Waals surface area contributed by atoms with Crippen LogP contribution in [0.5, 0.6) is 5.75 Å². The SMILES string of the molecule is Oc1cc(-c2cccnc2)ccc1Cl. The molecule has 0 bridgehead atoms. The van der Waals surface area contributed by atoms with E-state index in [0.29, 0.717) is 5.02 Å². The molecule has 2 nitrogen and oxygen atoms in total. The number of aromatic nitrogens is 1. The predicted molar refractivity (Wildman–Crippen MR) is 56.3 cm³/mol. The molecule has 0 saturated carbocycles. The van der Waals surface area contributed by atoms with Gasteiger partial charge in [-0.25, -0.2) is 0 Å². The van der Waals surface area contributed by atoms with Crippen LogP contribution in [0.2, 0.25) is 5.02 Å². The summed E-state index contributed by atoms with van der Waals surface area (Å²) >= 11 is 5.70. The number of pyridine rings is 1. The highest BCUT2D eigenvalue weighted by Gasteiger charge is 2.01. The quantitative estimate of drug-likeness (QED) is 0.776. The van der Waals surface area contributed by atoms with Gasteiger partial charge in [0.15, 0.2) is 0 Å². The van der Waals surface area contributed by atoms with Gasteiger partial charge in [0, 0.05) is 18.0 Å². The summed E-state index contributed by atoms with van der Waals surface area (Å²) in [5.41, 5.74) is 1.86. The summed E-state index contributed by atoms with van der Waals surface area (Å²) in [6.45, 7) is 0. The Kier molecular flexibility index (Phi) is 2.37. The fourth-order valence-corrected chi connectivity index (χ4v) is 1.34. The van der Waals surface area contributed by atoms with E-state index in [2.05, 4.69) is 4.98 Å². The van der Waals surface area contributed by atoms with Crippen LogP contribution in [0.1, 0.15) is 0 Å². The van der Waals surface area contributed by atoms with Crippen LogP contribution in [0, 0.1) is 0 Å². The predicted octanol–water partition coefficient (Wildman–Crippen LogP) is 3.11. The smallest absolute Gasteiger partial charge is 0.134 e. The van der Waals surface area contributed by atoms with Gasteiger partial charge in [0.05, 0.1) is 5.02 Å². The van der Waals surface area contributed by atoms with E-state index in [4.69, 9.17) is 11.6 Å². The van der Waals surface area contributed by atoms with E-state index in [1.807, 2.05) is 18.2 Å². The molecule has 0 unspecified atom stereocenters. The van der Waals surface area contributed by atoms with Crippen molar-refractivity contribution < 1.29 is 5.11 Å². The molecule has 0 radical (unpaired) electrons. The number of nitrogens with zero attached hydrogens (tertiary/aromatic N) is 1. The molecule has 14 heavy (non-hydrogen) atoms. The summed E-state index contributed by atoms with van der Waals surface area (Å²) in [5.74, 6) is 0.0908. The van der Waals surface area contributed by atoms with Crippen LogP contribution in [0.25, 0.3) is 11.1 Å². The second-order valence-corrected chi connectivity index (χ2v) is 3.32. The number of aromatic hydroxyl groups is 1. The molecule has 3 heteroatoms. The van der Waals surface area contributed by atoms with Crippen molar-refractivity contribution >= 4 is 11.6 Å². The second kappa shape index (κ2) is 3.68. The van der Waals surface area contributed by atoms with Crippen LogP contribution in [0.4, 0.5) is 0 Å². The summed E-state index contributed by atoms with van der Waals surface area (Å²) in [6.07, 6.45) is 3.45. The van der Waals surface area contributed by atoms with Crippen LogP contribution in [-0.4, -0.2) is 10.1 Å². The van der Waals surface area contributed by atoms with Crippen molar-refractivity contribution in [2.75, 3.05) is 0 Å². The number of phenolic OH excluding ortho intramolecular Hbond substituents is 1. The zero-order valence-corrected chi connectivity index (χ0v) is 8.07. The van der Waals surface area contributed by atoms with Gasteiger partial charge in [0.25, 0.3) is 0 Å². The Hall–Kier alpha value is -1.54. The first kappa shape index (κ1) is 9.03. The van der Waals surface area contributed by atoms with Crippen LogP contribution < -0.4 is 0 Å². The molecule has 1 N–H and O–H groups in total. The van der Waals surface area contributed by atoms with Crippen molar-refractivity contribution in [3.63, 3.8) is 0 Å². The minimum absolute atomic E-state index is 0.0908. The molecule has 0 aliphatic carbocycles. The normalized spacial score (nSPS) is 10.1. The maximum Gasteiger partial charge on any atom is 0.134 e. The Labute approximate surface area is 86.8 Å². The van der Waals surface area contributed by atoms with E-state index in [1.54, 1.807) is 24.5 Å². The van der Waals surface area contributed by atoms with E-state index in [1.165, 1.54) is 0 Å². The topological polar surface area (TPSA) is 33.1 Å². The Bertz CT molecular complexity index is 442. The van der Waals surface area contributed by atoms with Crippen LogP contribution in [-0.2, 0) is 0 Å². The molecular formula is C11H8ClNO. The number of hydrogen-bond donors (Lipinski definition) is 1. The standard InChI is InChI=1S/C11H8ClNO/c12-10-4-3-8(6-11(10)14)9-2-1-5-13-7-9/h1-7,14H. The van der Waals surface area contributed by atoms with Crippen LogP contribution >= 0.6 is 11.6 Å². The largest absolute Gasteiger partial charge is 0.506 e. The highest BCUT2D eigenvalue weighted by Crippen LogP contribution is 2.28. The van der Waals surface area contributed by atoms with Gasteiger partial charge >= 0.3 is 0 Å². The van der Waals surface area contributed by atoms with E-state index < -0.39 is 0 Å². The maximum atomic E-state index is 9.41. The lowest BCUT2D eigenvalue weighted by molar-refractivity contribution is 0.476. The average Bonchev–Trinajstić information content (AvgIpc) is 2.23. The molecule has 2 rings (SSSR count). The number of rotatable bonds is 1. The molecule has 0 saturated heterocycles. The Morgan fingerprint density at radius 2 is 2.00 bits per heavy atom. The van der Waals surface area contributed by atoms with Gasteiger partial charge in [-0.3, -0.25) is 4.98 Å². The molecule has 0 fully saturated rings. The summed E-state index contributed by atoms with van der Waals surface area (Å²) in [4.78, 5) is 4.00. The first-order chi connectivity index (χ1) is 6.77. The fourth-order valence-electron chi connectivity index (χ4n) is 1.23. The van der Waals surface area contributed by atoms with E-state index in [-0.39, 0.29) is 5.75 Å². The van der Waals surface area contributed by atoms with Gasteiger partial charge in [-0.1, -0.05) is 23.7 Å². The highest BCUT2D eigenvalue weighted by molar-refractivity contribution is 6.32. The van der Waals surface area contributed by atoms with Crippen LogP contribution in [0.3, 0.4) is 0 Å². The number of halogens is 1. The Balaban J connectivity index is 2.48. The molecular weight excluding hydrogens is 198 g/mol. The molecule has 0 amide bonds. The molecule has 0 aliphatic rings. The lowest BCUT2D eigenvalue weighted by Gasteiger charge is -2.02. The molecule has 1 aromatic heterocycles. The lowest BCUT2D eigenvalue weighted by Crippen LogP contribution is -1.79. The number of benzene rings is 1. The zero-order valence-electron chi connectivity index (χ0n) is 7.31. The second-order valence-electron chi connectivity index (χ2n) is 2.91. The van der Waals surface area contributed by atoms with Gasteiger partial charge in [-0.2, -0.15) is 0 Å². The molecule has 0 aliphatic heterocycles. The van der Waals surface area contributed by atoms with Gasteiger partial charge < -0.3 is 5.11 Å². The third kappa shape index (κ3) is 1.70. The van der Waals surface area contributed by atoms with Gasteiger partial charge in [0.2, 0.25) is 0 Å². The van der Waals surface area contributed by atoms with E-state index in [0.717, 1.165) is 11.1 Å². The molecule has 0 spiro atoms. The summed E-state index contributed by atoms with van der Waals surface area (Å²) < 4.78 is 0. The Morgan fingerprint density at radius 3 is 2.64 bits per heavy atom. The third-order valence-corrected chi connectivity index (χ3v) is 2.26. The molecule has 1 aromatic carbocycles. The fraction of sp³-hybridized carbons (Fsp3) is 0. The van der Waals surface area contributed by atoms with Gasteiger partial charge in [-0.15, -0.1) is 0 Å². The highest BCUT2D eigenvalue weighted by atomic mass is 35.5. The van der Waals surface area contributed by atoms with Gasteiger partial charge in [-0.05, 0) is 23.8 Å². The monoisotopic (exact) mass is 205 g/mol. The summed E-state index contributed by atoms with van der Waals surface area (Å²) in [6, 6.07) is 8.91. The number of phenols is 1. The number of hydrogen-bond acceptors (Lipinski definition) is 2. The zero-order chi connectivity index (χ0) is 9.97. The minimum Gasteiger partial charge on any atom is -0.506 e. The van der Waals surface area contributed by atoms with Crippen molar-refractivity contribution in [1.82, 2.24) is 4.98 Å². The van der Waals surface area contributed by atoms with E-state index >= 15 is 0 Å². The molecule has 1 heterocycles. The average molecular weight is 206 g/mol. The van der Waals surface area contributed by atoms with Crippen LogP contribution in [0.15, 0.2) is 42.7 Å². The van der Waals surface area contributed by atoms with Crippen molar-refractivity contribution in [2.24, 2.45) is 0 Å².